The van der Waals surface area contributed by atoms with Gasteiger partial charge in [0.05, 0.1) is 15.8 Å². The summed E-state index contributed by atoms with van der Waals surface area (Å²) in [6, 6.07) is 1.94. The van der Waals surface area contributed by atoms with Gasteiger partial charge in [0.1, 0.15) is 0 Å². The van der Waals surface area contributed by atoms with Crippen molar-refractivity contribution in [2.75, 3.05) is 5.75 Å². The number of rotatable bonds is 5. The van der Waals surface area contributed by atoms with Crippen LogP contribution in [0, 0.1) is 0 Å². The predicted molar refractivity (Wildman–Crippen MR) is 90.8 cm³/mol. The molecule has 0 atom stereocenters. The molecule has 0 aliphatic carbocycles. The van der Waals surface area contributed by atoms with Crippen LogP contribution in [0.1, 0.15) is 27.7 Å². The maximum Gasteiger partial charge on any atom is 0.233 e. The molecule has 5 nitrogen and oxygen atoms in total. The summed E-state index contributed by atoms with van der Waals surface area (Å²) in [6.07, 6.45) is 1.69. The third-order valence-corrected chi connectivity index (χ3v) is 4.53. The van der Waals surface area contributed by atoms with Gasteiger partial charge in [-0.1, -0.05) is 35.0 Å². The number of carbonyl (C=O) groups excluding carboxylic acids is 1. The summed E-state index contributed by atoms with van der Waals surface area (Å²) in [6.45, 7) is 8.03. The third kappa shape index (κ3) is 3.67. The molecule has 0 unspecified atom stereocenters. The van der Waals surface area contributed by atoms with Crippen molar-refractivity contribution in [1.82, 2.24) is 19.5 Å². The molecule has 2 aromatic rings. The minimum absolute atomic E-state index is 0.0693. The number of amides is 1. The Balaban J connectivity index is 2.17. The molecule has 2 rings (SSSR count). The summed E-state index contributed by atoms with van der Waals surface area (Å²) >= 11 is 13.4. The van der Waals surface area contributed by atoms with E-state index in [9.17, 15) is 4.79 Å². The van der Waals surface area contributed by atoms with E-state index in [1.807, 2.05) is 32.6 Å². The molecule has 0 aromatic carbocycles. The predicted octanol–water partition coefficient (Wildman–Crippen LogP) is 3.77. The van der Waals surface area contributed by atoms with Gasteiger partial charge in [-0.25, -0.2) is 0 Å². The van der Waals surface area contributed by atoms with Gasteiger partial charge >= 0.3 is 0 Å². The second kappa shape index (κ2) is 7.06. The molecule has 1 amide bonds. The molecule has 0 bridgehead atoms. The van der Waals surface area contributed by atoms with Gasteiger partial charge in [0.15, 0.2) is 10.8 Å². The molecular formula is C14H18Cl2N4OS. The summed E-state index contributed by atoms with van der Waals surface area (Å²) in [7, 11) is 0. The average Bonchev–Trinajstić information content (AvgIpc) is 2.78. The Labute approximate surface area is 144 Å². The number of halogens is 2. The minimum Gasteiger partial charge on any atom is -0.337 e. The van der Waals surface area contributed by atoms with Gasteiger partial charge in [-0.15, -0.1) is 10.2 Å². The van der Waals surface area contributed by atoms with Crippen molar-refractivity contribution < 1.29 is 4.79 Å². The number of nitrogens with zero attached hydrogens (tertiary/aromatic N) is 4. The van der Waals surface area contributed by atoms with Crippen LogP contribution in [0.3, 0.4) is 0 Å². The standard InChI is InChI=1S/C14H18Cl2N4OS/c1-8(2)20(9(3)4)12(21)7-22-14-18-17-13-11(16)5-10(15)6-19(13)14/h5-6,8-9H,7H2,1-4H3. The Kier molecular flexibility index (Phi) is 5.58. The molecule has 0 saturated heterocycles. The highest BCUT2D eigenvalue weighted by Crippen LogP contribution is 2.25. The van der Waals surface area contributed by atoms with Gasteiger partial charge in [-0.3, -0.25) is 9.20 Å². The van der Waals surface area contributed by atoms with E-state index in [0.717, 1.165) is 0 Å². The van der Waals surface area contributed by atoms with E-state index in [0.29, 0.717) is 26.6 Å². The lowest BCUT2D eigenvalue weighted by atomic mass is 10.2. The van der Waals surface area contributed by atoms with E-state index in [1.165, 1.54) is 11.8 Å². The van der Waals surface area contributed by atoms with Gasteiger partial charge in [0.2, 0.25) is 5.91 Å². The van der Waals surface area contributed by atoms with Crippen molar-refractivity contribution in [3.05, 3.63) is 22.3 Å². The molecule has 2 aromatic heterocycles. The summed E-state index contributed by atoms with van der Waals surface area (Å²) in [5.41, 5.74) is 0.533. The second-order valence-corrected chi connectivity index (χ2v) is 7.25. The molecule has 120 valence electrons. The molecular weight excluding hydrogens is 343 g/mol. The van der Waals surface area contributed by atoms with E-state index < -0.39 is 0 Å². The summed E-state index contributed by atoms with van der Waals surface area (Å²) in [4.78, 5) is 14.2. The topological polar surface area (TPSA) is 50.5 Å². The molecule has 22 heavy (non-hydrogen) atoms. The quantitative estimate of drug-likeness (QED) is 0.761. The number of hydrogen-bond acceptors (Lipinski definition) is 4. The van der Waals surface area contributed by atoms with Crippen LogP contribution >= 0.6 is 35.0 Å². The number of pyridine rings is 1. The number of hydrogen-bond donors (Lipinski definition) is 0. The summed E-state index contributed by atoms with van der Waals surface area (Å²) in [5, 5.41) is 9.64. The normalized spacial score (nSPS) is 11.6. The van der Waals surface area contributed by atoms with Gasteiger partial charge in [0, 0.05) is 18.3 Å². The monoisotopic (exact) mass is 360 g/mol. The molecule has 0 fully saturated rings. The van der Waals surface area contributed by atoms with Crippen LogP contribution in [0.25, 0.3) is 5.65 Å². The molecule has 0 spiro atoms. The first kappa shape index (κ1) is 17.4. The van der Waals surface area contributed by atoms with Crippen LogP contribution in [0.15, 0.2) is 17.4 Å². The zero-order valence-electron chi connectivity index (χ0n) is 12.9. The Morgan fingerprint density at radius 1 is 1.27 bits per heavy atom. The summed E-state index contributed by atoms with van der Waals surface area (Å²) < 4.78 is 1.71. The lowest BCUT2D eigenvalue weighted by molar-refractivity contribution is -0.131. The first-order valence-corrected chi connectivity index (χ1v) is 8.69. The van der Waals surface area contributed by atoms with E-state index in [1.54, 1.807) is 16.7 Å². The van der Waals surface area contributed by atoms with Crippen LogP contribution in [0.4, 0.5) is 0 Å². The lowest BCUT2D eigenvalue weighted by Gasteiger charge is -2.30. The maximum absolute atomic E-state index is 12.4. The average molecular weight is 361 g/mol. The van der Waals surface area contributed by atoms with Gasteiger partial charge in [-0.05, 0) is 33.8 Å². The Bertz CT molecular complexity index is 679. The number of aromatic nitrogens is 3. The highest BCUT2D eigenvalue weighted by molar-refractivity contribution is 7.99. The summed E-state index contributed by atoms with van der Waals surface area (Å²) in [5.74, 6) is 0.362. The van der Waals surface area contributed by atoms with Crippen molar-refractivity contribution in [3.63, 3.8) is 0 Å². The zero-order chi connectivity index (χ0) is 16.4. The fourth-order valence-electron chi connectivity index (χ4n) is 2.37. The fourth-order valence-corrected chi connectivity index (χ4v) is 3.66. The molecule has 8 heteroatoms. The smallest absolute Gasteiger partial charge is 0.233 e. The van der Waals surface area contributed by atoms with Crippen molar-refractivity contribution in [2.24, 2.45) is 0 Å². The van der Waals surface area contributed by atoms with Gasteiger partial charge in [0.25, 0.3) is 0 Å². The molecule has 0 N–H and O–H groups in total. The van der Waals surface area contributed by atoms with Crippen LogP contribution in [0.5, 0.6) is 0 Å². The second-order valence-electron chi connectivity index (χ2n) is 5.46. The third-order valence-electron chi connectivity index (χ3n) is 3.12. The number of fused-ring (bicyclic) bond motifs is 1. The Hall–Kier alpha value is -0.980. The van der Waals surface area contributed by atoms with Gasteiger partial charge < -0.3 is 4.90 Å². The maximum atomic E-state index is 12.4. The lowest BCUT2D eigenvalue weighted by Crippen LogP contribution is -2.43. The molecule has 0 aliphatic rings. The first-order valence-electron chi connectivity index (χ1n) is 6.95. The highest BCUT2D eigenvalue weighted by Gasteiger charge is 2.21. The van der Waals surface area contributed by atoms with Gasteiger partial charge in [-0.2, -0.15) is 0 Å². The van der Waals surface area contributed by atoms with Crippen molar-refractivity contribution >= 4 is 46.5 Å². The molecule has 0 saturated carbocycles. The largest absolute Gasteiger partial charge is 0.337 e. The molecule has 0 aliphatic heterocycles. The van der Waals surface area contributed by atoms with Crippen molar-refractivity contribution in [2.45, 2.75) is 44.9 Å². The Morgan fingerprint density at radius 2 is 1.91 bits per heavy atom. The van der Waals surface area contributed by atoms with E-state index >= 15 is 0 Å². The van der Waals surface area contributed by atoms with Crippen molar-refractivity contribution in [3.8, 4) is 0 Å². The Morgan fingerprint density at radius 3 is 2.50 bits per heavy atom. The zero-order valence-corrected chi connectivity index (χ0v) is 15.2. The van der Waals surface area contributed by atoms with Crippen LogP contribution in [-0.2, 0) is 4.79 Å². The van der Waals surface area contributed by atoms with Crippen LogP contribution in [-0.4, -0.2) is 43.2 Å². The highest BCUT2D eigenvalue weighted by atomic mass is 35.5. The molecule has 0 radical (unpaired) electrons. The molecule has 2 heterocycles. The van der Waals surface area contributed by atoms with Crippen LogP contribution < -0.4 is 0 Å². The SMILES string of the molecule is CC(C)N(C(=O)CSc1nnc2c(Cl)cc(Cl)cn12)C(C)C. The number of thioether (sulfide) groups is 1. The van der Waals surface area contributed by atoms with Crippen LogP contribution in [0.2, 0.25) is 10.0 Å². The van der Waals surface area contributed by atoms with E-state index in [4.69, 9.17) is 23.2 Å². The van der Waals surface area contributed by atoms with Crippen molar-refractivity contribution in [1.29, 1.82) is 0 Å². The number of carbonyl (C=O) groups is 1. The minimum atomic E-state index is 0.0693. The fraction of sp³-hybridized carbons (Fsp3) is 0.500. The first-order chi connectivity index (χ1) is 10.3. The van der Waals surface area contributed by atoms with E-state index in [-0.39, 0.29) is 18.0 Å². The van der Waals surface area contributed by atoms with E-state index in [2.05, 4.69) is 10.2 Å².